The van der Waals surface area contributed by atoms with E-state index >= 15 is 0 Å². The highest BCUT2D eigenvalue weighted by Crippen LogP contribution is 2.46. The van der Waals surface area contributed by atoms with Crippen molar-refractivity contribution in [1.82, 2.24) is 15.5 Å². The predicted octanol–water partition coefficient (Wildman–Crippen LogP) is 6.53. The molecule has 3 aromatic rings. The molecule has 1 aliphatic heterocycles. The standard InChI is InChI=1S/C36H43ClN4O4/c1-3-25-9-4-10-28(21-25)33-31(13-5-14-32(33)37)36(45,17-8-19-40-35(43)44)29-12-7-20-41(24-29)34(42)30-16-15-26(23-39-2)22-27(30)11-6-18-38/h4-5,9-10,13-16,21-22,29,39-40,45H,3,6-8,11-12,17,19-20,23-24H2,1-2H3,(H,43,44). The lowest BCUT2D eigenvalue weighted by Crippen LogP contribution is -2.48. The summed E-state index contributed by atoms with van der Waals surface area (Å²) >= 11 is 6.87. The number of nitriles is 1. The van der Waals surface area contributed by atoms with Crippen molar-refractivity contribution >= 4 is 23.6 Å². The summed E-state index contributed by atoms with van der Waals surface area (Å²) in [5, 5.41) is 37.3. The molecule has 2 unspecified atom stereocenters. The van der Waals surface area contributed by atoms with Crippen LogP contribution in [0, 0.1) is 17.2 Å². The topological polar surface area (TPSA) is 126 Å². The first-order valence-corrected chi connectivity index (χ1v) is 16.1. The highest BCUT2D eigenvalue weighted by Gasteiger charge is 2.43. The third-order valence-electron chi connectivity index (χ3n) is 8.79. The number of hydrogen-bond donors (Lipinski definition) is 4. The fourth-order valence-electron chi connectivity index (χ4n) is 6.53. The van der Waals surface area contributed by atoms with Crippen molar-refractivity contribution in [1.29, 1.82) is 5.26 Å². The van der Waals surface area contributed by atoms with Crippen LogP contribution in [0.2, 0.25) is 5.02 Å². The van der Waals surface area contributed by atoms with Crippen LogP contribution in [0.25, 0.3) is 11.1 Å². The lowest BCUT2D eigenvalue weighted by atomic mass is 9.72. The van der Waals surface area contributed by atoms with Crippen molar-refractivity contribution in [2.75, 3.05) is 26.7 Å². The molecule has 1 saturated heterocycles. The molecule has 2 amide bonds. The number of aliphatic hydroxyl groups is 1. The molecule has 0 saturated carbocycles. The van der Waals surface area contributed by atoms with E-state index in [0.29, 0.717) is 67.9 Å². The van der Waals surface area contributed by atoms with E-state index in [1.54, 1.807) is 0 Å². The second kappa shape index (κ2) is 15.9. The Balaban J connectivity index is 1.72. The zero-order valence-corrected chi connectivity index (χ0v) is 26.9. The van der Waals surface area contributed by atoms with Crippen LogP contribution in [-0.4, -0.2) is 53.8 Å². The number of carbonyl (C=O) groups is 2. The maximum Gasteiger partial charge on any atom is 0.404 e. The van der Waals surface area contributed by atoms with Gasteiger partial charge >= 0.3 is 6.09 Å². The Morgan fingerprint density at radius 3 is 2.67 bits per heavy atom. The highest BCUT2D eigenvalue weighted by molar-refractivity contribution is 6.33. The van der Waals surface area contributed by atoms with Crippen molar-refractivity contribution < 1.29 is 19.8 Å². The summed E-state index contributed by atoms with van der Waals surface area (Å²) in [6.45, 7) is 3.83. The Morgan fingerprint density at radius 1 is 1.13 bits per heavy atom. The number of benzene rings is 3. The van der Waals surface area contributed by atoms with Crippen LogP contribution in [0.4, 0.5) is 4.79 Å². The second-order valence-corrected chi connectivity index (χ2v) is 12.2. The SMILES string of the molecule is CCc1cccc(-c2c(Cl)cccc2C(O)(CCCNC(=O)O)C2CCCN(C(=O)c3ccc(CNC)cc3CCC#N)C2)c1. The number of rotatable bonds is 13. The first kappa shape index (κ1) is 34.0. The van der Waals surface area contributed by atoms with Crippen LogP contribution >= 0.6 is 11.6 Å². The van der Waals surface area contributed by atoms with Gasteiger partial charge in [0.25, 0.3) is 5.91 Å². The Morgan fingerprint density at radius 2 is 1.93 bits per heavy atom. The van der Waals surface area contributed by atoms with Crippen molar-refractivity contribution in [3.63, 3.8) is 0 Å². The van der Waals surface area contributed by atoms with Crippen LogP contribution in [-0.2, 0) is 25.0 Å². The Kier molecular flexibility index (Phi) is 12.0. The summed E-state index contributed by atoms with van der Waals surface area (Å²) in [5.41, 5.74) is 4.58. The zero-order valence-electron chi connectivity index (χ0n) is 26.1. The van der Waals surface area contributed by atoms with Crippen molar-refractivity contribution in [3.8, 4) is 17.2 Å². The van der Waals surface area contributed by atoms with E-state index in [2.05, 4.69) is 35.8 Å². The second-order valence-electron chi connectivity index (χ2n) is 11.7. The van der Waals surface area contributed by atoms with Gasteiger partial charge in [0.2, 0.25) is 0 Å². The molecule has 2 atom stereocenters. The molecule has 3 aromatic carbocycles. The average molecular weight is 631 g/mol. The quantitative estimate of drug-likeness (QED) is 0.159. The van der Waals surface area contributed by atoms with Gasteiger partial charge in [-0.05, 0) is 85.5 Å². The molecule has 4 rings (SSSR count). The Labute approximate surface area is 271 Å². The van der Waals surface area contributed by atoms with Crippen LogP contribution in [0.3, 0.4) is 0 Å². The van der Waals surface area contributed by atoms with E-state index < -0.39 is 11.7 Å². The van der Waals surface area contributed by atoms with Gasteiger partial charge in [0.15, 0.2) is 0 Å². The third-order valence-corrected chi connectivity index (χ3v) is 9.10. The minimum absolute atomic E-state index is 0.111. The minimum atomic E-state index is -1.39. The van der Waals surface area contributed by atoms with E-state index in [-0.39, 0.29) is 24.8 Å². The lowest BCUT2D eigenvalue weighted by Gasteiger charge is -2.44. The molecule has 238 valence electrons. The third kappa shape index (κ3) is 8.23. The summed E-state index contributed by atoms with van der Waals surface area (Å²) in [5.74, 6) is -0.432. The summed E-state index contributed by atoms with van der Waals surface area (Å²) in [7, 11) is 1.87. The molecule has 0 spiro atoms. The van der Waals surface area contributed by atoms with Gasteiger partial charge in [-0.3, -0.25) is 4.79 Å². The van der Waals surface area contributed by atoms with E-state index in [1.807, 2.05) is 60.5 Å². The van der Waals surface area contributed by atoms with Gasteiger partial charge in [-0.15, -0.1) is 0 Å². The zero-order chi connectivity index (χ0) is 32.4. The first-order valence-electron chi connectivity index (χ1n) is 15.7. The maximum atomic E-state index is 14.1. The van der Waals surface area contributed by atoms with Gasteiger partial charge in [-0.2, -0.15) is 5.26 Å². The molecule has 0 aromatic heterocycles. The van der Waals surface area contributed by atoms with Gasteiger partial charge < -0.3 is 25.7 Å². The van der Waals surface area contributed by atoms with Crippen molar-refractivity contribution in [3.05, 3.63) is 93.5 Å². The summed E-state index contributed by atoms with van der Waals surface area (Å²) in [6, 6.07) is 21.7. The number of halogens is 1. The van der Waals surface area contributed by atoms with Gasteiger partial charge in [0.05, 0.1) is 11.7 Å². The number of nitrogens with zero attached hydrogens (tertiary/aromatic N) is 2. The molecule has 0 aliphatic carbocycles. The molecule has 0 bridgehead atoms. The van der Waals surface area contributed by atoms with Gasteiger partial charge in [-0.1, -0.05) is 67.1 Å². The number of carbonyl (C=O) groups excluding carboxylic acids is 1. The molecule has 1 heterocycles. The molecule has 1 aliphatic rings. The molecule has 4 N–H and O–H groups in total. The number of hydrogen-bond acceptors (Lipinski definition) is 5. The average Bonchev–Trinajstić information content (AvgIpc) is 3.05. The normalized spacial score (nSPS) is 16.1. The van der Waals surface area contributed by atoms with Gasteiger partial charge in [0, 0.05) is 54.7 Å². The Hall–Kier alpha value is -3.90. The minimum Gasteiger partial charge on any atom is -0.465 e. The largest absolute Gasteiger partial charge is 0.465 e. The summed E-state index contributed by atoms with van der Waals surface area (Å²) in [6.07, 6.45) is 2.62. The molecular formula is C36H43ClN4O4. The fraction of sp³-hybridized carbons (Fsp3) is 0.417. The number of carboxylic acid groups (broad SMARTS) is 1. The smallest absolute Gasteiger partial charge is 0.404 e. The van der Waals surface area contributed by atoms with E-state index in [0.717, 1.165) is 34.2 Å². The molecular weight excluding hydrogens is 588 g/mol. The van der Waals surface area contributed by atoms with E-state index in [1.165, 1.54) is 0 Å². The van der Waals surface area contributed by atoms with Crippen molar-refractivity contribution in [2.45, 2.75) is 64.0 Å². The summed E-state index contributed by atoms with van der Waals surface area (Å²) in [4.78, 5) is 27.1. The van der Waals surface area contributed by atoms with Crippen LogP contribution in [0.1, 0.15) is 71.6 Å². The van der Waals surface area contributed by atoms with Gasteiger partial charge in [0.1, 0.15) is 0 Å². The van der Waals surface area contributed by atoms with Crippen LogP contribution in [0.15, 0.2) is 60.7 Å². The van der Waals surface area contributed by atoms with E-state index in [9.17, 15) is 20.0 Å². The number of amides is 2. The molecule has 0 radical (unpaired) electrons. The maximum absolute atomic E-state index is 14.1. The highest BCUT2D eigenvalue weighted by atomic mass is 35.5. The number of nitrogens with one attached hydrogen (secondary N) is 2. The lowest BCUT2D eigenvalue weighted by molar-refractivity contribution is -0.0563. The van der Waals surface area contributed by atoms with Crippen LogP contribution < -0.4 is 10.6 Å². The fourth-order valence-corrected chi connectivity index (χ4v) is 6.81. The number of aryl methyl sites for hydroxylation is 2. The van der Waals surface area contributed by atoms with Crippen molar-refractivity contribution in [2.24, 2.45) is 5.92 Å². The first-order chi connectivity index (χ1) is 21.7. The Bertz CT molecular complexity index is 1540. The monoisotopic (exact) mass is 630 g/mol. The molecule has 9 heteroatoms. The number of piperidine rings is 1. The predicted molar refractivity (Wildman–Crippen MR) is 177 cm³/mol. The van der Waals surface area contributed by atoms with Crippen LogP contribution in [0.5, 0.6) is 0 Å². The molecule has 45 heavy (non-hydrogen) atoms. The molecule has 1 fully saturated rings. The van der Waals surface area contributed by atoms with E-state index in [4.69, 9.17) is 16.7 Å². The molecule has 8 nitrogen and oxygen atoms in total. The number of likely N-dealkylation sites (tertiary alicyclic amines) is 1. The van der Waals surface area contributed by atoms with Gasteiger partial charge in [-0.25, -0.2) is 4.79 Å². The summed E-state index contributed by atoms with van der Waals surface area (Å²) < 4.78 is 0.